The van der Waals surface area contributed by atoms with Crippen LogP contribution in [0.25, 0.3) is 10.9 Å². The number of likely N-dealkylation sites (N-methyl/N-ethyl adjacent to an activating group) is 1. The number of rotatable bonds is 7. The van der Waals surface area contributed by atoms with E-state index < -0.39 is 0 Å². The van der Waals surface area contributed by atoms with Crippen LogP contribution < -0.4 is 10.2 Å². The Bertz CT molecular complexity index is 1290. The van der Waals surface area contributed by atoms with Crippen molar-refractivity contribution in [2.75, 3.05) is 30.9 Å². The monoisotopic (exact) mass is 442 g/mol. The van der Waals surface area contributed by atoms with Gasteiger partial charge in [0, 0.05) is 47.6 Å². The Balaban J connectivity index is 1.31. The van der Waals surface area contributed by atoms with Gasteiger partial charge in [-0.05, 0) is 69.4 Å². The number of hydrogen-bond donors (Lipinski definition) is 1. The third-order valence-electron chi connectivity index (χ3n) is 6.47. The lowest BCUT2D eigenvalue weighted by atomic mass is 10.1. The zero-order chi connectivity index (χ0) is 22.9. The molecule has 2 aromatic heterocycles. The second-order valence-electron chi connectivity index (χ2n) is 9.11. The third kappa shape index (κ3) is 4.26. The third-order valence-corrected chi connectivity index (χ3v) is 6.47. The molecule has 0 saturated heterocycles. The number of benzene rings is 2. The van der Waals surface area contributed by atoms with E-state index in [1.165, 1.54) is 16.8 Å². The number of hydrogen-bond acceptors (Lipinski definition) is 4. The molecule has 0 bridgehead atoms. The van der Waals surface area contributed by atoms with Crippen molar-refractivity contribution in [2.45, 2.75) is 32.5 Å². The van der Waals surface area contributed by atoms with Gasteiger partial charge in [0.1, 0.15) is 5.76 Å². The number of fused-ring (bicyclic) bond motifs is 2. The van der Waals surface area contributed by atoms with Gasteiger partial charge in [-0.1, -0.05) is 18.2 Å². The van der Waals surface area contributed by atoms with Gasteiger partial charge < -0.3 is 24.1 Å². The average Bonchev–Trinajstić information content (AvgIpc) is 3.50. The second-order valence-corrected chi connectivity index (χ2v) is 9.11. The zero-order valence-electron chi connectivity index (χ0n) is 19.4. The van der Waals surface area contributed by atoms with Crippen LogP contribution in [0.15, 0.2) is 71.5 Å². The first-order valence-electron chi connectivity index (χ1n) is 11.5. The van der Waals surface area contributed by atoms with E-state index >= 15 is 0 Å². The Labute approximate surface area is 194 Å². The number of para-hydroxylation sites is 1. The zero-order valence-corrected chi connectivity index (χ0v) is 19.4. The van der Waals surface area contributed by atoms with E-state index in [4.69, 9.17) is 4.42 Å². The number of nitrogens with zero attached hydrogens (tertiary/aromatic N) is 3. The summed E-state index contributed by atoms with van der Waals surface area (Å²) >= 11 is 0. The summed E-state index contributed by atoms with van der Waals surface area (Å²) in [6, 6.07) is 18.7. The summed E-state index contributed by atoms with van der Waals surface area (Å²) in [5, 5.41) is 4.17. The van der Waals surface area contributed by atoms with Gasteiger partial charge in [0.05, 0.1) is 18.4 Å². The minimum atomic E-state index is -0.148. The molecule has 170 valence electrons. The van der Waals surface area contributed by atoms with Crippen LogP contribution in [0.2, 0.25) is 0 Å². The van der Waals surface area contributed by atoms with Gasteiger partial charge in [0.2, 0.25) is 0 Å². The molecule has 1 amide bonds. The fourth-order valence-electron chi connectivity index (χ4n) is 4.67. The molecule has 1 N–H and O–H groups in total. The lowest BCUT2D eigenvalue weighted by Crippen LogP contribution is -2.29. The molecule has 6 heteroatoms. The van der Waals surface area contributed by atoms with E-state index in [2.05, 4.69) is 83.3 Å². The molecular weight excluding hydrogens is 412 g/mol. The largest absolute Gasteiger partial charge is 0.467 e. The Morgan fingerprint density at radius 2 is 2.00 bits per heavy atom. The van der Waals surface area contributed by atoms with Crippen LogP contribution >= 0.6 is 0 Å². The normalized spacial score (nSPS) is 15.4. The molecule has 1 unspecified atom stereocenters. The Morgan fingerprint density at radius 3 is 2.85 bits per heavy atom. The first kappa shape index (κ1) is 21.3. The molecule has 0 radical (unpaired) electrons. The van der Waals surface area contributed by atoms with Gasteiger partial charge in [-0.2, -0.15) is 0 Å². The van der Waals surface area contributed by atoms with Crippen LogP contribution in [0, 0.1) is 0 Å². The van der Waals surface area contributed by atoms with E-state index in [0.717, 1.165) is 30.6 Å². The van der Waals surface area contributed by atoms with Crippen LogP contribution in [0.3, 0.4) is 0 Å². The molecule has 1 aliphatic heterocycles. The van der Waals surface area contributed by atoms with E-state index in [1.807, 2.05) is 12.1 Å². The van der Waals surface area contributed by atoms with Crippen molar-refractivity contribution in [3.63, 3.8) is 0 Å². The van der Waals surface area contributed by atoms with E-state index in [1.54, 1.807) is 12.3 Å². The number of amides is 1. The van der Waals surface area contributed by atoms with Gasteiger partial charge >= 0.3 is 0 Å². The van der Waals surface area contributed by atoms with Gasteiger partial charge in [-0.25, -0.2) is 0 Å². The summed E-state index contributed by atoms with van der Waals surface area (Å²) in [4.78, 5) is 17.6. The van der Waals surface area contributed by atoms with Gasteiger partial charge in [-0.3, -0.25) is 4.79 Å². The Morgan fingerprint density at radius 1 is 1.15 bits per heavy atom. The van der Waals surface area contributed by atoms with Crippen molar-refractivity contribution in [2.24, 2.45) is 0 Å². The number of carbonyl (C=O) groups is 1. The number of nitrogens with one attached hydrogen (secondary N) is 1. The van der Waals surface area contributed by atoms with Crippen LogP contribution in [-0.4, -0.2) is 42.1 Å². The summed E-state index contributed by atoms with van der Waals surface area (Å²) in [7, 11) is 4.15. The van der Waals surface area contributed by atoms with Crippen molar-refractivity contribution in [1.29, 1.82) is 0 Å². The summed E-state index contributed by atoms with van der Waals surface area (Å²) in [6.07, 6.45) is 4.71. The number of carbonyl (C=O) groups excluding carboxylic acids is 1. The maximum atomic E-state index is 13.1. The van der Waals surface area contributed by atoms with Gasteiger partial charge in [-0.15, -0.1) is 0 Å². The Hall–Kier alpha value is -3.51. The summed E-state index contributed by atoms with van der Waals surface area (Å²) in [5.41, 5.74) is 5.09. The summed E-state index contributed by atoms with van der Waals surface area (Å²) < 4.78 is 8.00. The first-order valence-corrected chi connectivity index (χ1v) is 11.5. The number of aromatic nitrogens is 1. The highest BCUT2D eigenvalue weighted by Gasteiger charge is 2.28. The molecule has 3 heterocycles. The quantitative estimate of drug-likeness (QED) is 0.438. The van der Waals surface area contributed by atoms with E-state index in [9.17, 15) is 4.79 Å². The minimum Gasteiger partial charge on any atom is -0.467 e. The molecule has 5 rings (SSSR count). The molecule has 0 aliphatic carbocycles. The smallest absolute Gasteiger partial charge is 0.259 e. The molecule has 1 aliphatic rings. The fraction of sp³-hybridized carbons (Fsp3) is 0.296. The highest BCUT2D eigenvalue weighted by molar-refractivity contribution is 6.05. The summed E-state index contributed by atoms with van der Waals surface area (Å²) in [6.45, 7) is 4.69. The number of anilines is 2. The predicted octanol–water partition coefficient (Wildman–Crippen LogP) is 5.00. The van der Waals surface area contributed by atoms with Crippen molar-refractivity contribution < 1.29 is 9.21 Å². The highest BCUT2D eigenvalue weighted by Crippen LogP contribution is 2.33. The van der Waals surface area contributed by atoms with Gasteiger partial charge in [0.25, 0.3) is 5.91 Å². The lowest BCUT2D eigenvalue weighted by Gasteiger charge is -2.24. The molecule has 0 spiro atoms. The van der Waals surface area contributed by atoms with E-state index in [0.29, 0.717) is 23.9 Å². The van der Waals surface area contributed by atoms with Crippen LogP contribution in [0.4, 0.5) is 11.4 Å². The van der Waals surface area contributed by atoms with E-state index in [-0.39, 0.29) is 5.91 Å². The molecule has 0 fully saturated rings. The fourth-order valence-corrected chi connectivity index (χ4v) is 4.67. The SMILES string of the molecule is CC1Cc2ccccc2N1Cc1occc1C(=O)Nc1ccc2c(ccn2CCN(C)C)c1. The van der Waals surface area contributed by atoms with Crippen LogP contribution in [-0.2, 0) is 19.5 Å². The second kappa shape index (κ2) is 8.79. The summed E-state index contributed by atoms with van der Waals surface area (Å²) in [5.74, 6) is 0.539. The maximum absolute atomic E-state index is 13.1. The van der Waals surface area contributed by atoms with Crippen molar-refractivity contribution in [3.05, 3.63) is 83.9 Å². The highest BCUT2D eigenvalue weighted by atomic mass is 16.3. The molecule has 4 aromatic rings. The molecule has 33 heavy (non-hydrogen) atoms. The van der Waals surface area contributed by atoms with Crippen molar-refractivity contribution >= 4 is 28.2 Å². The van der Waals surface area contributed by atoms with Crippen LogP contribution in [0.5, 0.6) is 0 Å². The molecular formula is C27H30N4O2. The minimum absolute atomic E-state index is 0.148. The Kier molecular flexibility index (Phi) is 5.68. The van der Waals surface area contributed by atoms with Crippen LogP contribution in [0.1, 0.15) is 28.6 Å². The first-order chi connectivity index (χ1) is 16.0. The molecule has 2 aromatic carbocycles. The number of furan rings is 1. The average molecular weight is 443 g/mol. The van der Waals surface area contributed by atoms with Crippen molar-refractivity contribution in [1.82, 2.24) is 9.47 Å². The molecule has 6 nitrogen and oxygen atoms in total. The van der Waals surface area contributed by atoms with Crippen molar-refractivity contribution in [3.8, 4) is 0 Å². The predicted molar refractivity (Wildman–Crippen MR) is 133 cm³/mol. The molecule has 0 saturated carbocycles. The topological polar surface area (TPSA) is 53.7 Å². The van der Waals surface area contributed by atoms with Gasteiger partial charge in [0.15, 0.2) is 0 Å². The maximum Gasteiger partial charge on any atom is 0.259 e. The standard InChI is InChI=1S/C27H30N4O2/c1-19-16-20-6-4-5-7-25(20)31(19)18-26-23(11-15-33-26)27(32)28-22-8-9-24-21(17-22)10-12-30(24)14-13-29(2)3/h4-12,15,17,19H,13-14,16,18H2,1-3H3,(H,28,32). The molecule has 1 atom stereocenters. The lowest BCUT2D eigenvalue weighted by molar-refractivity contribution is 0.102.